The largest absolute Gasteiger partial charge is 0.378 e. The van der Waals surface area contributed by atoms with Crippen LogP contribution in [0.4, 0.5) is 5.69 Å². The van der Waals surface area contributed by atoms with Gasteiger partial charge in [-0.2, -0.15) is 0 Å². The van der Waals surface area contributed by atoms with E-state index in [-0.39, 0.29) is 0 Å². The van der Waals surface area contributed by atoms with Crippen LogP contribution in [0.5, 0.6) is 0 Å². The number of aromatic nitrogens is 1. The van der Waals surface area contributed by atoms with E-state index in [9.17, 15) is 0 Å². The lowest BCUT2D eigenvalue weighted by molar-refractivity contribution is 0.805. The molecule has 7 rings (SSSR count). The van der Waals surface area contributed by atoms with Crippen LogP contribution in [0.3, 0.4) is 0 Å². The van der Waals surface area contributed by atoms with Gasteiger partial charge in [0.25, 0.3) is 0 Å². The van der Waals surface area contributed by atoms with Crippen LogP contribution >= 0.6 is 0 Å². The Bertz CT molecular complexity index is 1620. The Morgan fingerprint density at radius 2 is 1.47 bits per heavy atom. The van der Waals surface area contributed by atoms with Gasteiger partial charge in [0.2, 0.25) is 0 Å². The molecule has 1 N–H and O–H groups in total. The minimum atomic E-state index is 0.369. The van der Waals surface area contributed by atoms with Crippen molar-refractivity contribution in [1.29, 1.82) is 0 Å². The fraction of sp³-hybridized carbons (Fsp3) is 0.125. The number of hydrogen-bond acceptors (Lipinski definition) is 1. The van der Waals surface area contributed by atoms with Gasteiger partial charge in [0, 0.05) is 28.1 Å². The maximum absolute atomic E-state index is 3.66. The van der Waals surface area contributed by atoms with Gasteiger partial charge in [-0.05, 0) is 77.2 Å². The number of nitrogens with one attached hydrogen (secondary N) is 1. The van der Waals surface area contributed by atoms with Gasteiger partial charge >= 0.3 is 0 Å². The Morgan fingerprint density at radius 3 is 2.32 bits per heavy atom. The van der Waals surface area contributed by atoms with Crippen LogP contribution in [0.2, 0.25) is 0 Å². The lowest BCUT2D eigenvalue weighted by Gasteiger charge is -2.15. The highest BCUT2D eigenvalue weighted by molar-refractivity contribution is 6.10. The standard InChI is InChI=1S/C32H26N2/c1-2-21-12-16-31-27(18-21)28-20-23(14-17-32(28)34(31)24-8-4-3-5-9-24)22-13-15-30-26(19-22)25-10-6-7-11-29(25)33-30/h3-20,25,29,33H,2H2,1H3. The minimum absolute atomic E-state index is 0.369. The van der Waals surface area contributed by atoms with Crippen LogP contribution in [0.1, 0.15) is 24.0 Å². The summed E-state index contributed by atoms with van der Waals surface area (Å²) in [6.07, 6.45) is 9.93. The van der Waals surface area contributed by atoms with Crippen LogP contribution in [0, 0.1) is 0 Å². The normalized spacial score (nSPS) is 18.3. The minimum Gasteiger partial charge on any atom is -0.378 e. The molecule has 0 fully saturated rings. The number of aryl methyl sites for hydroxylation is 1. The molecular formula is C32H26N2. The average Bonchev–Trinajstić information content (AvgIpc) is 3.43. The van der Waals surface area contributed by atoms with Crippen molar-refractivity contribution in [3.63, 3.8) is 0 Å². The fourth-order valence-electron chi connectivity index (χ4n) is 5.70. The number of allylic oxidation sites excluding steroid dienone is 2. The summed E-state index contributed by atoms with van der Waals surface area (Å²) < 4.78 is 2.39. The topological polar surface area (TPSA) is 17.0 Å². The van der Waals surface area contributed by atoms with Gasteiger partial charge < -0.3 is 9.88 Å². The second kappa shape index (κ2) is 7.50. The van der Waals surface area contributed by atoms with Crippen molar-refractivity contribution >= 4 is 27.5 Å². The van der Waals surface area contributed by atoms with Crippen molar-refractivity contribution in [2.75, 3.05) is 5.32 Å². The number of benzene rings is 4. The Hall–Kier alpha value is -4.04. The molecule has 2 aliphatic rings. The number of rotatable bonds is 3. The zero-order chi connectivity index (χ0) is 22.6. The van der Waals surface area contributed by atoms with Crippen LogP contribution in [-0.2, 0) is 6.42 Å². The van der Waals surface area contributed by atoms with E-state index in [2.05, 4.69) is 126 Å². The summed E-state index contributed by atoms with van der Waals surface area (Å²) in [5.74, 6) is 0.413. The van der Waals surface area contributed by atoms with Crippen molar-refractivity contribution in [2.24, 2.45) is 0 Å². The molecule has 2 heteroatoms. The molecule has 1 aromatic heterocycles. The molecule has 5 aromatic rings. The molecule has 1 aliphatic heterocycles. The smallest absolute Gasteiger partial charge is 0.0551 e. The van der Waals surface area contributed by atoms with Crippen molar-refractivity contribution in [3.05, 3.63) is 120 Å². The van der Waals surface area contributed by atoms with Gasteiger partial charge in [0.1, 0.15) is 0 Å². The highest BCUT2D eigenvalue weighted by atomic mass is 15.0. The molecule has 34 heavy (non-hydrogen) atoms. The van der Waals surface area contributed by atoms with Crippen molar-refractivity contribution < 1.29 is 0 Å². The molecule has 2 unspecified atom stereocenters. The van der Waals surface area contributed by atoms with E-state index in [4.69, 9.17) is 0 Å². The van der Waals surface area contributed by atoms with Gasteiger partial charge in [-0.15, -0.1) is 0 Å². The monoisotopic (exact) mass is 438 g/mol. The van der Waals surface area contributed by atoms with E-state index in [0.29, 0.717) is 12.0 Å². The molecule has 1 aliphatic carbocycles. The van der Waals surface area contributed by atoms with Crippen LogP contribution in [0.15, 0.2) is 109 Å². The second-order valence-corrected chi connectivity index (χ2v) is 9.38. The van der Waals surface area contributed by atoms with E-state index >= 15 is 0 Å². The zero-order valence-corrected chi connectivity index (χ0v) is 19.2. The predicted octanol–water partition coefficient (Wildman–Crippen LogP) is 8.02. The van der Waals surface area contributed by atoms with Gasteiger partial charge in [-0.1, -0.05) is 67.6 Å². The molecule has 0 saturated carbocycles. The molecule has 2 atom stereocenters. The van der Waals surface area contributed by atoms with Gasteiger partial charge in [-0.3, -0.25) is 0 Å². The first-order chi connectivity index (χ1) is 16.8. The van der Waals surface area contributed by atoms with E-state index < -0.39 is 0 Å². The van der Waals surface area contributed by atoms with Gasteiger partial charge in [-0.25, -0.2) is 0 Å². The zero-order valence-electron chi connectivity index (χ0n) is 19.2. The van der Waals surface area contributed by atoms with Crippen LogP contribution in [-0.4, -0.2) is 10.6 Å². The molecule has 0 radical (unpaired) electrons. The summed E-state index contributed by atoms with van der Waals surface area (Å²) >= 11 is 0. The fourth-order valence-corrected chi connectivity index (χ4v) is 5.70. The van der Waals surface area contributed by atoms with Gasteiger partial charge in [0.15, 0.2) is 0 Å². The first-order valence-corrected chi connectivity index (χ1v) is 12.2. The Morgan fingerprint density at radius 1 is 0.735 bits per heavy atom. The van der Waals surface area contributed by atoms with E-state index in [0.717, 1.165) is 6.42 Å². The van der Waals surface area contributed by atoms with Crippen molar-refractivity contribution in [3.8, 4) is 16.8 Å². The quantitative estimate of drug-likeness (QED) is 0.302. The molecule has 0 bridgehead atoms. The average molecular weight is 439 g/mol. The summed E-state index contributed by atoms with van der Waals surface area (Å²) in [5.41, 5.74) is 10.3. The van der Waals surface area contributed by atoms with Gasteiger partial charge in [0.05, 0.1) is 17.1 Å². The molecule has 0 spiro atoms. The third kappa shape index (κ3) is 2.88. The Labute approximate surface area is 199 Å². The highest BCUT2D eigenvalue weighted by Crippen LogP contribution is 2.42. The highest BCUT2D eigenvalue weighted by Gasteiger charge is 2.29. The second-order valence-electron chi connectivity index (χ2n) is 9.38. The summed E-state index contributed by atoms with van der Waals surface area (Å²) in [6, 6.07) is 31.8. The molecule has 164 valence electrons. The lowest BCUT2D eigenvalue weighted by atomic mass is 9.90. The molecule has 0 amide bonds. The maximum atomic E-state index is 3.66. The third-order valence-electron chi connectivity index (χ3n) is 7.45. The van der Waals surface area contributed by atoms with Crippen molar-refractivity contribution in [2.45, 2.75) is 25.3 Å². The molecule has 0 saturated heterocycles. The number of nitrogens with zero attached hydrogens (tertiary/aromatic N) is 1. The summed E-state index contributed by atoms with van der Waals surface area (Å²) in [4.78, 5) is 0. The lowest BCUT2D eigenvalue weighted by Crippen LogP contribution is -2.17. The molecule has 2 heterocycles. The van der Waals surface area contributed by atoms with Crippen molar-refractivity contribution in [1.82, 2.24) is 4.57 Å². The predicted molar refractivity (Wildman–Crippen MR) is 144 cm³/mol. The molecular weight excluding hydrogens is 412 g/mol. The third-order valence-corrected chi connectivity index (χ3v) is 7.45. The van der Waals surface area contributed by atoms with E-state index in [1.54, 1.807) is 0 Å². The first kappa shape index (κ1) is 19.4. The van der Waals surface area contributed by atoms with E-state index in [1.807, 2.05) is 0 Å². The van der Waals surface area contributed by atoms with Crippen LogP contribution < -0.4 is 5.32 Å². The number of fused-ring (bicyclic) bond motifs is 6. The molecule has 2 nitrogen and oxygen atoms in total. The first-order valence-electron chi connectivity index (χ1n) is 12.2. The Balaban J connectivity index is 1.43. The summed E-state index contributed by atoms with van der Waals surface area (Å²) in [6.45, 7) is 2.23. The molecule has 4 aromatic carbocycles. The Kier molecular flexibility index (Phi) is 4.28. The van der Waals surface area contributed by atoms with E-state index in [1.165, 1.54) is 55.4 Å². The summed E-state index contributed by atoms with van der Waals surface area (Å²) in [7, 11) is 0. The SMILES string of the molecule is CCc1ccc2c(c1)c1cc(-c3ccc4c(c3)C3C=CC=CC3N4)ccc1n2-c1ccccc1. The number of anilines is 1. The number of hydrogen-bond donors (Lipinski definition) is 1. The van der Waals surface area contributed by atoms with Crippen LogP contribution in [0.25, 0.3) is 38.6 Å². The maximum Gasteiger partial charge on any atom is 0.0551 e. The summed E-state index contributed by atoms with van der Waals surface area (Å²) in [5, 5.41) is 6.29. The number of para-hydroxylation sites is 1.